The smallest absolute Gasteiger partial charge is 0.135 e. The highest BCUT2D eigenvalue weighted by Crippen LogP contribution is 2.59. The van der Waals surface area contributed by atoms with E-state index in [2.05, 4.69) is 125 Å². The zero-order valence-electron chi connectivity index (χ0n) is 39.7. The van der Waals surface area contributed by atoms with Crippen LogP contribution >= 0.6 is 0 Å². The largest absolute Gasteiger partial charge is 0.456 e. The second kappa shape index (κ2) is 15.5. The summed E-state index contributed by atoms with van der Waals surface area (Å²) in [4.78, 5) is 4.47. The molecule has 10 aromatic carbocycles. The molecule has 1 heterocycles. The Morgan fingerprint density at radius 2 is 0.797 bits per heavy atom. The minimum atomic E-state index is -1.39. The molecule has 0 saturated heterocycles. The first-order chi connectivity index (χ1) is 33.8. The third kappa shape index (κ3) is 6.13. The summed E-state index contributed by atoms with van der Waals surface area (Å²) in [7, 11) is 0. The van der Waals surface area contributed by atoms with E-state index in [0.29, 0.717) is 5.58 Å². The molecule has 302 valence electrons. The van der Waals surface area contributed by atoms with Crippen LogP contribution in [-0.2, 0) is 5.41 Å². The molecule has 0 bridgehead atoms. The van der Waals surface area contributed by atoms with Gasteiger partial charge in [-0.3, -0.25) is 0 Å². The van der Waals surface area contributed by atoms with E-state index in [1.807, 2.05) is 109 Å². The van der Waals surface area contributed by atoms with Crippen molar-refractivity contribution in [1.29, 1.82) is 0 Å². The number of hydrogen-bond donors (Lipinski definition) is 0. The predicted molar refractivity (Wildman–Crippen MR) is 266 cm³/mol. The van der Waals surface area contributed by atoms with Crippen molar-refractivity contribution >= 4 is 56.1 Å². The molecule has 1 unspecified atom stereocenters. The maximum atomic E-state index is 9.76. The van der Waals surface area contributed by atoms with Gasteiger partial charge in [-0.25, -0.2) is 0 Å². The third-order valence-electron chi connectivity index (χ3n) is 12.6. The van der Waals surface area contributed by atoms with E-state index in [4.69, 9.17) is 8.53 Å². The lowest BCUT2D eigenvalue weighted by molar-refractivity contribution is 0.668. The molecule has 12 rings (SSSR count). The first-order valence-corrected chi connectivity index (χ1v) is 21.5. The van der Waals surface area contributed by atoms with Crippen molar-refractivity contribution < 1.29 is 11.3 Å². The Bertz CT molecular complexity index is 3660. The topological polar surface area (TPSA) is 19.6 Å². The average molecular weight is 824 g/mol. The van der Waals surface area contributed by atoms with Gasteiger partial charge in [0.25, 0.3) is 0 Å². The van der Waals surface area contributed by atoms with Crippen LogP contribution in [-0.4, -0.2) is 0 Å². The summed E-state index contributed by atoms with van der Waals surface area (Å²) >= 11 is 0. The highest BCUT2D eigenvalue weighted by molar-refractivity contribution is 6.05. The van der Waals surface area contributed by atoms with Crippen LogP contribution in [0.25, 0.3) is 44.2 Å². The van der Waals surface area contributed by atoms with Crippen LogP contribution in [0.4, 0.5) is 34.1 Å². The number of rotatable bonds is 9. The summed E-state index contributed by atoms with van der Waals surface area (Å²) in [5.74, 6) is 0. The molecule has 0 fully saturated rings. The highest BCUT2D eigenvalue weighted by Gasteiger charge is 2.47. The highest BCUT2D eigenvalue weighted by atomic mass is 16.3. The van der Waals surface area contributed by atoms with Crippen molar-refractivity contribution in [2.75, 3.05) is 9.80 Å². The molecule has 0 spiro atoms. The number of anilines is 6. The fourth-order valence-electron chi connectivity index (χ4n) is 9.77. The molecule has 3 nitrogen and oxygen atoms in total. The number of furan rings is 1. The molecule has 0 saturated carbocycles. The van der Waals surface area contributed by atoms with Gasteiger partial charge in [-0.1, -0.05) is 164 Å². The van der Waals surface area contributed by atoms with Crippen LogP contribution in [0.15, 0.2) is 259 Å². The van der Waals surface area contributed by atoms with Gasteiger partial charge < -0.3 is 14.2 Å². The summed E-state index contributed by atoms with van der Waals surface area (Å²) in [6.07, 6.45) is 0. The lowest BCUT2D eigenvalue weighted by Crippen LogP contribution is -2.28. The third-order valence-corrected chi connectivity index (χ3v) is 12.6. The zero-order chi connectivity index (χ0) is 46.8. The van der Waals surface area contributed by atoms with E-state index in [-0.39, 0.29) is 17.6 Å². The molecule has 1 atom stereocenters. The van der Waals surface area contributed by atoms with Crippen LogP contribution in [0.2, 0.25) is 0 Å². The maximum absolute atomic E-state index is 9.76. The van der Waals surface area contributed by atoms with Crippen molar-refractivity contribution in [1.82, 2.24) is 0 Å². The van der Waals surface area contributed by atoms with Crippen molar-refractivity contribution in [3.05, 3.63) is 277 Å². The Morgan fingerprint density at radius 1 is 0.344 bits per heavy atom. The Hall–Kier alpha value is -8.40. The quantitative estimate of drug-likeness (QED) is 0.145. The van der Waals surface area contributed by atoms with Gasteiger partial charge >= 0.3 is 0 Å². The molecular formula is C61H42N2O. The van der Waals surface area contributed by atoms with Crippen LogP contribution in [0.3, 0.4) is 0 Å². The van der Waals surface area contributed by atoms with Gasteiger partial charge in [0.1, 0.15) is 11.2 Å². The fourth-order valence-corrected chi connectivity index (χ4v) is 9.77. The number of fused-ring (bicyclic) bond motifs is 6. The Kier molecular flexibility index (Phi) is 7.83. The van der Waals surface area contributed by atoms with Gasteiger partial charge in [0.2, 0.25) is 0 Å². The number of hydrogen-bond acceptors (Lipinski definition) is 3. The summed E-state index contributed by atoms with van der Waals surface area (Å²) in [5.41, 5.74) is 12.2. The Labute approximate surface area is 380 Å². The predicted octanol–water partition coefficient (Wildman–Crippen LogP) is 16.6. The molecule has 0 radical (unpaired) electrons. The molecule has 1 aliphatic rings. The van der Waals surface area contributed by atoms with Crippen LogP contribution in [0.5, 0.6) is 0 Å². The molecular weight excluding hydrogens is 777 g/mol. The van der Waals surface area contributed by atoms with E-state index in [0.717, 1.165) is 89.4 Å². The SMILES string of the molecule is [2H]c1c([2H])c([2H])c(C2(c3ccc4oc5ccccc5c4c3)c3ccc(N(c4ccccc4)c4ccccc4)cc3-c3cc(N(c4ccccc4)c4ccc(-c5ccccc5)cc4)ccc32)c([2H])c1[2H]. The van der Waals surface area contributed by atoms with E-state index in [1.54, 1.807) is 0 Å². The van der Waals surface area contributed by atoms with Gasteiger partial charge in [0, 0.05) is 44.9 Å². The standard InChI is InChI=1S/C61H42N2O/c1-6-18-43(19-7-1)44-30-33-50(34-31-44)63(49-26-14-5-15-27-49)52-36-38-58-55(42-52)54-41-51(62(47-22-10-3-11-23-47)48-24-12-4-13-25-48)35-37-57(54)61(58,45-20-8-2-9-21-45)46-32-39-60-56(40-46)53-28-16-17-29-59(53)64-60/h1-42H/i2D,8D,9D,20D,21D. The van der Waals surface area contributed by atoms with Gasteiger partial charge in [-0.15, -0.1) is 0 Å². The van der Waals surface area contributed by atoms with E-state index in [9.17, 15) is 2.74 Å². The van der Waals surface area contributed by atoms with Crippen LogP contribution in [0, 0.1) is 0 Å². The molecule has 64 heavy (non-hydrogen) atoms. The van der Waals surface area contributed by atoms with Crippen molar-refractivity contribution in [3.8, 4) is 22.3 Å². The molecule has 0 N–H and O–H groups in total. The van der Waals surface area contributed by atoms with Crippen molar-refractivity contribution in [3.63, 3.8) is 0 Å². The van der Waals surface area contributed by atoms with Gasteiger partial charge in [-0.2, -0.15) is 0 Å². The summed E-state index contributed by atoms with van der Waals surface area (Å²) in [6.45, 7) is 0. The lowest BCUT2D eigenvalue weighted by atomic mass is 9.67. The van der Waals surface area contributed by atoms with Gasteiger partial charge in [-0.05, 0) is 136 Å². The maximum Gasteiger partial charge on any atom is 0.135 e. The second-order valence-electron chi connectivity index (χ2n) is 16.1. The Balaban J connectivity index is 1.17. The van der Waals surface area contributed by atoms with E-state index >= 15 is 0 Å². The summed E-state index contributed by atoms with van der Waals surface area (Å²) < 4.78 is 52.9. The molecule has 1 aliphatic carbocycles. The second-order valence-corrected chi connectivity index (χ2v) is 16.1. The van der Waals surface area contributed by atoms with Gasteiger partial charge in [0.05, 0.1) is 12.3 Å². The first kappa shape index (κ1) is 32.3. The Morgan fingerprint density at radius 3 is 1.36 bits per heavy atom. The molecule has 0 amide bonds. The molecule has 11 aromatic rings. The normalized spacial score (nSPS) is 15.1. The van der Waals surface area contributed by atoms with E-state index < -0.39 is 23.5 Å². The molecule has 0 aliphatic heterocycles. The van der Waals surface area contributed by atoms with Crippen molar-refractivity contribution in [2.45, 2.75) is 5.41 Å². The number of nitrogens with zero attached hydrogens (tertiary/aromatic N) is 2. The number of para-hydroxylation sites is 4. The average Bonchev–Trinajstić information content (AvgIpc) is 3.92. The van der Waals surface area contributed by atoms with E-state index in [1.165, 1.54) is 0 Å². The van der Waals surface area contributed by atoms with Crippen LogP contribution < -0.4 is 9.80 Å². The minimum absolute atomic E-state index is 0.181. The first-order valence-electron chi connectivity index (χ1n) is 24.0. The zero-order valence-corrected chi connectivity index (χ0v) is 34.7. The fraction of sp³-hybridized carbons (Fsp3) is 0.0164. The summed E-state index contributed by atoms with van der Waals surface area (Å²) in [6, 6.07) is 74.7. The van der Waals surface area contributed by atoms with Gasteiger partial charge in [0.15, 0.2) is 0 Å². The molecule has 3 heteroatoms. The molecule has 1 aromatic heterocycles. The lowest BCUT2D eigenvalue weighted by Gasteiger charge is -2.34. The summed E-state index contributed by atoms with van der Waals surface area (Å²) in [5, 5.41) is 1.79. The van der Waals surface area contributed by atoms with Crippen molar-refractivity contribution in [2.24, 2.45) is 0 Å². The monoisotopic (exact) mass is 823 g/mol. The minimum Gasteiger partial charge on any atom is -0.456 e. The number of benzene rings is 10. The van der Waals surface area contributed by atoms with Crippen LogP contribution in [0.1, 0.15) is 29.1 Å².